The van der Waals surface area contributed by atoms with Crippen molar-refractivity contribution in [3.63, 3.8) is 0 Å². The summed E-state index contributed by atoms with van der Waals surface area (Å²) in [6, 6.07) is 4.71. The highest BCUT2D eigenvalue weighted by Gasteiger charge is 2.21. The van der Waals surface area contributed by atoms with Gasteiger partial charge in [0.05, 0.1) is 0 Å². The molecule has 1 heterocycles. The summed E-state index contributed by atoms with van der Waals surface area (Å²) < 4.78 is 0. The lowest BCUT2D eigenvalue weighted by atomic mass is 10.2. The molecule has 70 valence electrons. The van der Waals surface area contributed by atoms with Crippen LogP contribution in [-0.4, -0.2) is 11.0 Å². The van der Waals surface area contributed by atoms with E-state index >= 15 is 0 Å². The van der Waals surface area contributed by atoms with Crippen LogP contribution in [0.15, 0.2) is 12.1 Å². The molecule has 0 bridgehead atoms. The van der Waals surface area contributed by atoms with Crippen LogP contribution in [0.3, 0.4) is 0 Å². The highest BCUT2D eigenvalue weighted by molar-refractivity contribution is 5.41. The van der Waals surface area contributed by atoms with Crippen molar-refractivity contribution in [1.29, 1.82) is 0 Å². The molecule has 0 aliphatic heterocycles. The Hall–Kier alpha value is -1.09. The average Bonchev–Trinajstić information content (AvgIpc) is 2.87. The van der Waals surface area contributed by atoms with Gasteiger partial charge in [-0.25, -0.2) is 4.98 Å². The van der Waals surface area contributed by atoms with Crippen LogP contribution in [0.2, 0.25) is 0 Å². The van der Waals surface area contributed by atoms with Crippen LogP contribution in [-0.2, 0) is 6.54 Å². The van der Waals surface area contributed by atoms with Crippen molar-refractivity contribution in [2.45, 2.75) is 32.4 Å². The minimum atomic E-state index is 0.586. The Morgan fingerprint density at radius 3 is 2.92 bits per heavy atom. The van der Waals surface area contributed by atoms with Gasteiger partial charge < -0.3 is 11.1 Å². The van der Waals surface area contributed by atoms with Gasteiger partial charge in [0.1, 0.15) is 5.82 Å². The molecule has 0 aromatic carbocycles. The van der Waals surface area contributed by atoms with E-state index in [0.29, 0.717) is 12.6 Å². The zero-order chi connectivity index (χ0) is 9.26. The largest absolute Gasteiger partial charge is 0.367 e. The fourth-order valence-electron chi connectivity index (χ4n) is 1.37. The number of pyridine rings is 1. The number of nitrogens with two attached hydrogens (primary N) is 1. The number of hydrogen-bond acceptors (Lipinski definition) is 3. The summed E-state index contributed by atoms with van der Waals surface area (Å²) in [7, 11) is 0. The van der Waals surface area contributed by atoms with Crippen LogP contribution in [0, 0.1) is 6.92 Å². The molecule has 0 amide bonds. The summed E-state index contributed by atoms with van der Waals surface area (Å²) in [6.45, 7) is 2.58. The van der Waals surface area contributed by atoms with Gasteiger partial charge in [-0.2, -0.15) is 0 Å². The second-order valence-electron chi connectivity index (χ2n) is 3.62. The van der Waals surface area contributed by atoms with Gasteiger partial charge in [0, 0.05) is 18.3 Å². The summed E-state index contributed by atoms with van der Waals surface area (Å²) in [5, 5.41) is 3.36. The van der Waals surface area contributed by atoms with E-state index in [0.717, 1.165) is 17.1 Å². The van der Waals surface area contributed by atoms with Gasteiger partial charge in [-0.3, -0.25) is 0 Å². The molecule has 1 aromatic rings. The lowest BCUT2D eigenvalue weighted by Crippen LogP contribution is -2.06. The standard InChI is InChI=1S/C10H15N3/c1-7-4-8(6-11)5-10(12-7)13-9-2-3-9/h4-5,9H,2-3,6,11H2,1H3,(H,12,13). The van der Waals surface area contributed by atoms with E-state index in [4.69, 9.17) is 5.73 Å². The van der Waals surface area contributed by atoms with Gasteiger partial charge in [0.2, 0.25) is 0 Å². The molecule has 1 saturated carbocycles. The van der Waals surface area contributed by atoms with E-state index in [-0.39, 0.29) is 0 Å². The molecule has 3 heteroatoms. The van der Waals surface area contributed by atoms with Crippen LogP contribution >= 0.6 is 0 Å². The lowest BCUT2D eigenvalue weighted by molar-refractivity contribution is 1.02. The second-order valence-corrected chi connectivity index (χ2v) is 3.62. The SMILES string of the molecule is Cc1cc(CN)cc(NC2CC2)n1. The minimum Gasteiger partial charge on any atom is -0.367 e. The smallest absolute Gasteiger partial charge is 0.126 e. The number of rotatable bonds is 3. The molecular weight excluding hydrogens is 162 g/mol. The molecule has 13 heavy (non-hydrogen) atoms. The predicted octanol–water partition coefficient (Wildman–Crippen LogP) is 1.42. The monoisotopic (exact) mass is 177 g/mol. The minimum absolute atomic E-state index is 0.586. The Bertz CT molecular complexity index is 305. The van der Waals surface area contributed by atoms with Crippen LogP contribution in [0.4, 0.5) is 5.82 Å². The van der Waals surface area contributed by atoms with Crippen molar-refractivity contribution in [2.24, 2.45) is 5.73 Å². The van der Waals surface area contributed by atoms with Gasteiger partial charge >= 0.3 is 0 Å². The molecule has 1 aliphatic rings. The molecule has 0 unspecified atom stereocenters. The first kappa shape index (κ1) is 8.51. The molecule has 1 aromatic heterocycles. The number of anilines is 1. The van der Waals surface area contributed by atoms with E-state index in [1.165, 1.54) is 12.8 Å². The first-order chi connectivity index (χ1) is 6.28. The fraction of sp³-hybridized carbons (Fsp3) is 0.500. The van der Waals surface area contributed by atoms with Crippen LogP contribution in [0.25, 0.3) is 0 Å². The molecule has 3 nitrogen and oxygen atoms in total. The van der Waals surface area contributed by atoms with Crippen molar-refractivity contribution in [3.8, 4) is 0 Å². The molecule has 0 radical (unpaired) electrons. The Kier molecular flexibility index (Phi) is 2.19. The zero-order valence-electron chi connectivity index (χ0n) is 7.88. The van der Waals surface area contributed by atoms with Crippen LogP contribution in [0.5, 0.6) is 0 Å². The van der Waals surface area contributed by atoms with Crippen molar-refractivity contribution >= 4 is 5.82 Å². The lowest BCUT2D eigenvalue weighted by Gasteiger charge is -2.06. The van der Waals surface area contributed by atoms with Gasteiger partial charge in [-0.1, -0.05) is 0 Å². The fourth-order valence-corrected chi connectivity index (χ4v) is 1.37. The molecule has 1 fully saturated rings. The van der Waals surface area contributed by atoms with Crippen molar-refractivity contribution < 1.29 is 0 Å². The summed E-state index contributed by atoms with van der Waals surface area (Å²) in [4.78, 5) is 4.40. The molecule has 1 aliphatic carbocycles. The maximum Gasteiger partial charge on any atom is 0.126 e. The number of aromatic nitrogens is 1. The van der Waals surface area contributed by atoms with Crippen LogP contribution in [0.1, 0.15) is 24.1 Å². The summed E-state index contributed by atoms with van der Waals surface area (Å²) in [6.07, 6.45) is 2.54. The third-order valence-electron chi connectivity index (χ3n) is 2.18. The normalized spacial score (nSPS) is 15.8. The Morgan fingerprint density at radius 2 is 2.31 bits per heavy atom. The Labute approximate surface area is 78.4 Å². The van der Waals surface area contributed by atoms with Gasteiger partial charge in [0.25, 0.3) is 0 Å². The first-order valence-corrected chi connectivity index (χ1v) is 4.72. The number of nitrogens with zero attached hydrogens (tertiary/aromatic N) is 1. The van der Waals surface area contributed by atoms with Crippen LogP contribution < -0.4 is 11.1 Å². The molecule has 0 saturated heterocycles. The molecular formula is C10H15N3. The summed E-state index contributed by atoms with van der Waals surface area (Å²) >= 11 is 0. The van der Waals surface area contributed by atoms with Gasteiger partial charge in [-0.15, -0.1) is 0 Å². The van der Waals surface area contributed by atoms with E-state index in [1.54, 1.807) is 0 Å². The molecule has 0 spiro atoms. The van der Waals surface area contributed by atoms with E-state index in [1.807, 2.05) is 19.1 Å². The first-order valence-electron chi connectivity index (χ1n) is 4.72. The van der Waals surface area contributed by atoms with Gasteiger partial charge in [0.15, 0.2) is 0 Å². The Balaban J connectivity index is 2.17. The molecule has 2 rings (SSSR count). The zero-order valence-corrected chi connectivity index (χ0v) is 7.88. The van der Waals surface area contributed by atoms with E-state index in [9.17, 15) is 0 Å². The molecule has 0 atom stereocenters. The number of aryl methyl sites for hydroxylation is 1. The van der Waals surface area contributed by atoms with E-state index in [2.05, 4.69) is 10.3 Å². The number of nitrogens with one attached hydrogen (secondary N) is 1. The maximum atomic E-state index is 5.58. The van der Waals surface area contributed by atoms with E-state index < -0.39 is 0 Å². The third kappa shape index (κ3) is 2.18. The van der Waals surface area contributed by atoms with Gasteiger partial charge in [-0.05, 0) is 37.5 Å². The average molecular weight is 177 g/mol. The summed E-state index contributed by atoms with van der Waals surface area (Å²) in [5.41, 5.74) is 7.76. The quantitative estimate of drug-likeness (QED) is 0.734. The van der Waals surface area contributed by atoms with Crippen molar-refractivity contribution in [1.82, 2.24) is 4.98 Å². The predicted molar refractivity (Wildman–Crippen MR) is 53.5 cm³/mol. The van der Waals surface area contributed by atoms with Crippen molar-refractivity contribution in [3.05, 3.63) is 23.4 Å². The number of hydrogen-bond donors (Lipinski definition) is 2. The highest BCUT2D eigenvalue weighted by atomic mass is 15.0. The highest BCUT2D eigenvalue weighted by Crippen LogP contribution is 2.24. The van der Waals surface area contributed by atoms with Crippen molar-refractivity contribution in [2.75, 3.05) is 5.32 Å². The maximum absolute atomic E-state index is 5.58. The topological polar surface area (TPSA) is 50.9 Å². The molecule has 3 N–H and O–H groups in total. The Morgan fingerprint density at radius 1 is 1.54 bits per heavy atom. The third-order valence-corrected chi connectivity index (χ3v) is 2.18. The summed E-state index contributed by atoms with van der Waals surface area (Å²) in [5.74, 6) is 0.975. The second kappa shape index (κ2) is 3.34.